The highest BCUT2D eigenvalue weighted by atomic mass is 16.5. The van der Waals surface area contributed by atoms with Gasteiger partial charge in [-0.05, 0) is 44.9 Å². The van der Waals surface area contributed by atoms with Crippen molar-refractivity contribution in [1.29, 1.82) is 0 Å². The normalized spacial score (nSPS) is 45.3. The van der Waals surface area contributed by atoms with Gasteiger partial charge in [0.1, 0.15) is 0 Å². The van der Waals surface area contributed by atoms with Gasteiger partial charge in [0.05, 0.1) is 6.10 Å². The van der Waals surface area contributed by atoms with Gasteiger partial charge in [-0.15, -0.1) is 0 Å². The SMILES string of the molecule is C1C[C@H](N[C@@H]2CCN(C3CC3)C2)[C@H]2CCO[C@H]2C1. The van der Waals surface area contributed by atoms with Crippen LogP contribution in [0.2, 0.25) is 0 Å². The molecule has 4 fully saturated rings. The molecule has 0 bridgehead atoms. The lowest BCUT2D eigenvalue weighted by Crippen LogP contribution is -2.48. The van der Waals surface area contributed by atoms with Crippen molar-refractivity contribution in [2.24, 2.45) is 5.92 Å². The summed E-state index contributed by atoms with van der Waals surface area (Å²) in [6.07, 6.45) is 10.2. The van der Waals surface area contributed by atoms with Gasteiger partial charge in [-0.3, -0.25) is 4.90 Å². The Kier molecular flexibility index (Phi) is 3.10. The van der Waals surface area contributed by atoms with E-state index < -0.39 is 0 Å². The first-order chi connectivity index (χ1) is 8.90. The molecule has 2 aliphatic carbocycles. The number of fused-ring (bicyclic) bond motifs is 1. The maximum Gasteiger partial charge on any atom is 0.0619 e. The van der Waals surface area contributed by atoms with Gasteiger partial charge in [0.15, 0.2) is 0 Å². The summed E-state index contributed by atoms with van der Waals surface area (Å²) in [4.78, 5) is 2.71. The highest BCUT2D eigenvalue weighted by Gasteiger charge is 2.40. The van der Waals surface area contributed by atoms with Crippen LogP contribution in [0.1, 0.15) is 44.9 Å². The van der Waals surface area contributed by atoms with E-state index in [0.29, 0.717) is 6.10 Å². The van der Waals surface area contributed by atoms with Crippen LogP contribution in [0.3, 0.4) is 0 Å². The van der Waals surface area contributed by atoms with Crippen LogP contribution in [0.15, 0.2) is 0 Å². The van der Waals surface area contributed by atoms with E-state index in [1.165, 1.54) is 58.0 Å². The van der Waals surface area contributed by atoms with Gasteiger partial charge in [-0.2, -0.15) is 0 Å². The van der Waals surface area contributed by atoms with Crippen LogP contribution in [0.4, 0.5) is 0 Å². The molecule has 0 spiro atoms. The summed E-state index contributed by atoms with van der Waals surface area (Å²) in [7, 11) is 0. The van der Waals surface area contributed by atoms with Crippen molar-refractivity contribution in [3.63, 3.8) is 0 Å². The first-order valence-corrected chi connectivity index (χ1v) is 8.02. The summed E-state index contributed by atoms with van der Waals surface area (Å²) in [6.45, 7) is 3.64. The molecule has 2 heterocycles. The molecule has 0 unspecified atom stereocenters. The van der Waals surface area contributed by atoms with Gasteiger partial charge in [-0.25, -0.2) is 0 Å². The first-order valence-electron chi connectivity index (χ1n) is 8.02. The van der Waals surface area contributed by atoms with E-state index in [9.17, 15) is 0 Å². The highest BCUT2D eigenvalue weighted by molar-refractivity contribution is 4.96. The van der Waals surface area contributed by atoms with Gasteiger partial charge >= 0.3 is 0 Å². The number of ether oxygens (including phenoxy) is 1. The molecule has 0 aromatic rings. The number of likely N-dealkylation sites (tertiary alicyclic amines) is 1. The van der Waals surface area contributed by atoms with E-state index in [0.717, 1.165) is 30.7 Å². The Hall–Kier alpha value is -0.120. The fourth-order valence-corrected chi connectivity index (χ4v) is 4.38. The summed E-state index contributed by atoms with van der Waals surface area (Å²) in [6, 6.07) is 2.45. The van der Waals surface area contributed by atoms with Crippen molar-refractivity contribution in [1.82, 2.24) is 10.2 Å². The Morgan fingerprint density at radius 2 is 1.94 bits per heavy atom. The predicted octanol–water partition coefficient (Wildman–Crippen LogP) is 1.77. The van der Waals surface area contributed by atoms with Crippen LogP contribution in [0.25, 0.3) is 0 Å². The molecular weight excluding hydrogens is 224 g/mol. The Bertz CT molecular complexity index is 305. The van der Waals surface area contributed by atoms with E-state index in [4.69, 9.17) is 4.74 Å². The largest absolute Gasteiger partial charge is 0.378 e. The zero-order valence-electron chi connectivity index (χ0n) is 11.3. The third-order valence-corrected chi connectivity index (χ3v) is 5.51. The molecule has 1 N–H and O–H groups in total. The van der Waals surface area contributed by atoms with Gasteiger partial charge in [0.2, 0.25) is 0 Å². The van der Waals surface area contributed by atoms with Gasteiger partial charge in [0, 0.05) is 43.7 Å². The van der Waals surface area contributed by atoms with Crippen LogP contribution in [-0.2, 0) is 4.74 Å². The van der Waals surface area contributed by atoms with E-state index in [-0.39, 0.29) is 0 Å². The average Bonchev–Trinajstić information content (AvgIpc) is 2.94. The molecule has 4 aliphatic rings. The van der Waals surface area contributed by atoms with Crippen molar-refractivity contribution < 1.29 is 4.74 Å². The number of nitrogens with one attached hydrogen (secondary N) is 1. The summed E-state index contributed by atoms with van der Waals surface area (Å²) in [5, 5.41) is 3.98. The molecule has 2 saturated carbocycles. The second-order valence-corrected chi connectivity index (χ2v) is 6.78. The lowest BCUT2D eigenvalue weighted by molar-refractivity contribution is 0.0512. The van der Waals surface area contributed by atoms with Gasteiger partial charge in [0.25, 0.3) is 0 Å². The van der Waals surface area contributed by atoms with Crippen molar-refractivity contribution in [3.8, 4) is 0 Å². The third kappa shape index (κ3) is 2.21. The average molecular weight is 250 g/mol. The Balaban J connectivity index is 1.33. The lowest BCUT2D eigenvalue weighted by Gasteiger charge is -2.35. The number of hydrogen-bond acceptors (Lipinski definition) is 3. The molecule has 3 heteroatoms. The number of nitrogens with zero attached hydrogens (tertiary/aromatic N) is 1. The van der Waals surface area contributed by atoms with Crippen molar-refractivity contribution in [3.05, 3.63) is 0 Å². The molecule has 3 nitrogen and oxygen atoms in total. The third-order valence-electron chi connectivity index (χ3n) is 5.51. The molecule has 0 aromatic heterocycles. The van der Waals surface area contributed by atoms with Crippen molar-refractivity contribution in [2.45, 2.75) is 69.2 Å². The molecule has 0 amide bonds. The summed E-state index contributed by atoms with van der Waals surface area (Å²) >= 11 is 0. The van der Waals surface area contributed by atoms with Crippen LogP contribution in [0, 0.1) is 5.92 Å². The Labute approximate surface area is 110 Å². The molecule has 2 saturated heterocycles. The first kappa shape index (κ1) is 11.7. The fourth-order valence-electron chi connectivity index (χ4n) is 4.38. The van der Waals surface area contributed by atoms with Gasteiger partial charge < -0.3 is 10.1 Å². The topological polar surface area (TPSA) is 24.5 Å². The molecule has 4 rings (SSSR count). The predicted molar refractivity (Wildman–Crippen MR) is 71.6 cm³/mol. The van der Waals surface area contributed by atoms with E-state index in [2.05, 4.69) is 10.2 Å². The van der Waals surface area contributed by atoms with Crippen molar-refractivity contribution in [2.75, 3.05) is 19.7 Å². The Morgan fingerprint density at radius 3 is 2.83 bits per heavy atom. The van der Waals surface area contributed by atoms with E-state index >= 15 is 0 Å². The second-order valence-electron chi connectivity index (χ2n) is 6.78. The monoisotopic (exact) mass is 250 g/mol. The fraction of sp³-hybridized carbons (Fsp3) is 1.00. The minimum absolute atomic E-state index is 0.581. The summed E-state index contributed by atoms with van der Waals surface area (Å²) < 4.78 is 5.87. The second kappa shape index (κ2) is 4.77. The zero-order chi connectivity index (χ0) is 11.9. The van der Waals surface area contributed by atoms with Crippen LogP contribution >= 0.6 is 0 Å². The van der Waals surface area contributed by atoms with E-state index in [1.807, 2.05) is 0 Å². The highest BCUT2D eigenvalue weighted by Crippen LogP contribution is 2.35. The summed E-state index contributed by atoms with van der Waals surface area (Å²) in [5.41, 5.74) is 0. The molecule has 0 radical (unpaired) electrons. The number of rotatable bonds is 3. The standard InChI is InChI=1S/C15H26N2O/c1-2-14(13-7-9-18-15(13)3-1)16-11-6-8-17(10-11)12-4-5-12/h11-16H,1-10H2/t11-,13-,14+,15+/m1/s1. The lowest BCUT2D eigenvalue weighted by atomic mass is 9.81. The Morgan fingerprint density at radius 1 is 1.00 bits per heavy atom. The van der Waals surface area contributed by atoms with Crippen LogP contribution < -0.4 is 5.32 Å². The maximum atomic E-state index is 5.87. The quantitative estimate of drug-likeness (QED) is 0.826. The molecule has 4 atom stereocenters. The van der Waals surface area contributed by atoms with E-state index in [1.54, 1.807) is 0 Å². The minimum Gasteiger partial charge on any atom is -0.378 e. The molecule has 18 heavy (non-hydrogen) atoms. The van der Waals surface area contributed by atoms with Crippen molar-refractivity contribution >= 4 is 0 Å². The van der Waals surface area contributed by atoms with Gasteiger partial charge in [-0.1, -0.05) is 0 Å². The van der Waals surface area contributed by atoms with Crippen LogP contribution in [0.5, 0.6) is 0 Å². The molecule has 0 aromatic carbocycles. The maximum absolute atomic E-state index is 5.87. The molecular formula is C15H26N2O. The zero-order valence-corrected chi connectivity index (χ0v) is 11.3. The molecule has 2 aliphatic heterocycles. The van der Waals surface area contributed by atoms with Crippen LogP contribution in [-0.4, -0.2) is 48.8 Å². The number of hydrogen-bond donors (Lipinski definition) is 1. The molecule has 102 valence electrons. The smallest absolute Gasteiger partial charge is 0.0619 e. The summed E-state index contributed by atoms with van der Waals surface area (Å²) in [5.74, 6) is 0.814. The minimum atomic E-state index is 0.581.